The van der Waals surface area contributed by atoms with Gasteiger partial charge in [-0.1, -0.05) is 26.2 Å². The first kappa shape index (κ1) is 12.7. The Bertz CT molecular complexity index is 264. The van der Waals surface area contributed by atoms with Crippen LogP contribution in [0.3, 0.4) is 0 Å². The van der Waals surface area contributed by atoms with Gasteiger partial charge in [-0.15, -0.1) is 0 Å². The summed E-state index contributed by atoms with van der Waals surface area (Å²) in [5, 5.41) is 8.65. The number of rotatable bonds is 3. The molecule has 2 aliphatic carbocycles. The first-order valence-electron chi connectivity index (χ1n) is 7.08. The number of fused-ring (bicyclic) bond motifs is 1. The summed E-state index contributed by atoms with van der Waals surface area (Å²) < 4.78 is 4.93. The maximum Gasteiger partial charge on any atom is 0.506 e. The zero-order valence-corrected chi connectivity index (χ0v) is 10.7. The molecule has 2 fully saturated rings. The van der Waals surface area contributed by atoms with Crippen molar-refractivity contribution in [1.82, 2.24) is 0 Å². The molecule has 3 nitrogen and oxygen atoms in total. The largest absolute Gasteiger partial charge is 0.506 e. The van der Waals surface area contributed by atoms with Crippen LogP contribution in [0.25, 0.3) is 0 Å². The Morgan fingerprint density at radius 3 is 2.59 bits per heavy atom. The summed E-state index contributed by atoms with van der Waals surface area (Å²) in [5.74, 6) is 2.49. The van der Waals surface area contributed by atoms with Gasteiger partial charge in [0, 0.05) is 0 Å². The summed E-state index contributed by atoms with van der Waals surface area (Å²) in [5.41, 5.74) is 0. The lowest BCUT2D eigenvalue weighted by molar-refractivity contribution is -0.00404. The molecule has 2 unspecified atom stereocenters. The van der Waals surface area contributed by atoms with Crippen LogP contribution in [-0.4, -0.2) is 17.4 Å². The molecule has 0 heterocycles. The highest BCUT2D eigenvalue weighted by Crippen LogP contribution is 2.44. The van der Waals surface area contributed by atoms with E-state index in [0.717, 1.165) is 30.6 Å². The molecule has 0 spiro atoms. The highest BCUT2D eigenvalue weighted by molar-refractivity contribution is 5.57. The fourth-order valence-electron chi connectivity index (χ4n) is 3.86. The molecule has 98 valence electrons. The van der Waals surface area contributed by atoms with Gasteiger partial charge in [-0.3, -0.25) is 0 Å². The zero-order valence-electron chi connectivity index (χ0n) is 10.7. The van der Waals surface area contributed by atoms with Gasteiger partial charge in [-0.2, -0.15) is 0 Å². The molecule has 0 amide bonds. The van der Waals surface area contributed by atoms with Crippen molar-refractivity contribution >= 4 is 6.16 Å². The van der Waals surface area contributed by atoms with Crippen LogP contribution in [0.15, 0.2) is 0 Å². The monoisotopic (exact) mass is 240 g/mol. The van der Waals surface area contributed by atoms with E-state index in [9.17, 15) is 4.79 Å². The smallest absolute Gasteiger partial charge is 0.450 e. The van der Waals surface area contributed by atoms with Crippen LogP contribution in [0, 0.1) is 17.8 Å². The van der Waals surface area contributed by atoms with E-state index >= 15 is 0 Å². The van der Waals surface area contributed by atoms with Crippen molar-refractivity contribution in [2.45, 2.75) is 64.4 Å². The minimum absolute atomic E-state index is 0.0310. The lowest BCUT2D eigenvalue weighted by Gasteiger charge is -2.41. The summed E-state index contributed by atoms with van der Waals surface area (Å²) in [6.45, 7) is 2.27. The lowest BCUT2D eigenvalue weighted by Crippen LogP contribution is -2.34. The quantitative estimate of drug-likeness (QED) is 0.756. The molecule has 2 rings (SSSR count). The maximum absolute atomic E-state index is 10.5. The van der Waals surface area contributed by atoms with Gasteiger partial charge in [0.1, 0.15) is 6.10 Å². The molecule has 0 aromatic rings. The number of carbonyl (C=O) groups is 1. The molecule has 0 aromatic heterocycles. The van der Waals surface area contributed by atoms with E-state index in [2.05, 4.69) is 6.92 Å². The third kappa shape index (κ3) is 3.36. The Morgan fingerprint density at radius 1 is 1.18 bits per heavy atom. The van der Waals surface area contributed by atoms with Crippen molar-refractivity contribution in [3.63, 3.8) is 0 Å². The molecule has 1 N–H and O–H groups in total. The van der Waals surface area contributed by atoms with Gasteiger partial charge in [0.2, 0.25) is 0 Å². The van der Waals surface area contributed by atoms with E-state index in [0.29, 0.717) is 0 Å². The van der Waals surface area contributed by atoms with Crippen LogP contribution < -0.4 is 0 Å². The number of carboxylic acid groups (broad SMARTS) is 1. The summed E-state index contributed by atoms with van der Waals surface area (Å²) >= 11 is 0. The highest BCUT2D eigenvalue weighted by Gasteiger charge is 2.36. The van der Waals surface area contributed by atoms with Gasteiger partial charge in [-0.25, -0.2) is 4.79 Å². The molecule has 2 aliphatic rings. The third-order valence-electron chi connectivity index (χ3n) is 4.64. The Balaban J connectivity index is 1.82. The van der Waals surface area contributed by atoms with Gasteiger partial charge >= 0.3 is 6.16 Å². The van der Waals surface area contributed by atoms with Crippen molar-refractivity contribution in [1.29, 1.82) is 0 Å². The number of hydrogen-bond acceptors (Lipinski definition) is 2. The van der Waals surface area contributed by atoms with Gasteiger partial charge < -0.3 is 9.84 Å². The van der Waals surface area contributed by atoms with Crippen molar-refractivity contribution in [2.24, 2.45) is 17.8 Å². The molecule has 0 aliphatic heterocycles. The molecule has 0 saturated heterocycles. The SMILES string of the molecule is CCCC1CCC2C[C@H](OC(=O)O)CC[C@@H]2C1. The molecule has 0 aromatic carbocycles. The summed E-state index contributed by atoms with van der Waals surface area (Å²) in [7, 11) is 0. The van der Waals surface area contributed by atoms with Gasteiger partial charge in [0.15, 0.2) is 0 Å². The third-order valence-corrected chi connectivity index (χ3v) is 4.64. The summed E-state index contributed by atoms with van der Waals surface area (Å²) in [4.78, 5) is 10.5. The first-order valence-corrected chi connectivity index (χ1v) is 7.08. The van der Waals surface area contributed by atoms with Crippen molar-refractivity contribution in [3.8, 4) is 0 Å². The second kappa shape index (κ2) is 5.74. The Hall–Kier alpha value is -0.730. The van der Waals surface area contributed by atoms with Crippen molar-refractivity contribution in [2.75, 3.05) is 0 Å². The minimum Gasteiger partial charge on any atom is -0.450 e. The summed E-state index contributed by atoms with van der Waals surface area (Å²) in [6, 6.07) is 0. The fourth-order valence-corrected chi connectivity index (χ4v) is 3.86. The van der Waals surface area contributed by atoms with Crippen molar-refractivity contribution < 1.29 is 14.6 Å². The fraction of sp³-hybridized carbons (Fsp3) is 0.929. The maximum atomic E-state index is 10.5. The van der Waals surface area contributed by atoms with Crippen LogP contribution in [0.4, 0.5) is 4.79 Å². The zero-order chi connectivity index (χ0) is 12.3. The standard InChI is InChI=1S/C14H24O3/c1-2-3-10-4-5-12-9-13(17-14(15)16)7-6-11(12)8-10/h10-13H,2-9H2,1H3,(H,15,16)/t10?,11-,12?,13-/m1/s1. The Kier molecular flexibility index (Phi) is 4.30. The van der Waals surface area contributed by atoms with Crippen LogP contribution in [0.2, 0.25) is 0 Å². The van der Waals surface area contributed by atoms with Gasteiger partial charge in [-0.05, 0) is 49.9 Å². The van der Waals surface area contributed by atoms with E-state index in [1.165, 1.54) is 38.5 Å². The van der Waals surface area contributed by atoms with E-state index in [1.807, 2.05) is 0 Å². The van der Waals surface area contributed by atoms with Gasteiger partial charge in [0.05, 0.1) is 0 Å². The number of ether oxygens (including phenoxy) is 1. The molecular weight excluding hydrogens is 216 g/mol. The average Bonchev–Trinajstić information content (AvgIpc) is 2.29. The Labute approximate surface area is 104 Å². The molecule has 0 bridgehead atoms. The van der Waals surface area contributed by atoms with E-state index in [-0.39, 0.29) is 6.10 Å². The topological polar surface area (TPSA) is 46.5 Å². The van der Waals surface area contributed by atoms with Crippen LogP contribution in [-0.2, 0) is 4.74 Å². The van der Waals surface area contributed by atoms with Gasteiger partial charge in [0.25, 0.3) is 0 Å². The molecular formula is C14H24O3. The number of hydrogen-bond donors (Lipinski definition) is 1. The normalized spacial score (nSPS) is 37.2. The van der Waals surface area contributed by atoms with Crippen LogP contribution in [0.5, 0.6) is 0 Å². The predicted octanol–water partition coefficient (Wildman–Crippen LogP) is 4.07. The molecule has 4 atom stereocenters. The van der Waals surface area contributed by atoms with E-state index in [4.69, 9.17) is 9.84 Å². The second-order valence-electron chi connectivity index (χ2n) is 5.81. The molecule has 2 saturated carbocycles. The lowest BCUT2D eigenvalue weighted by atomic mass is 9.66. The highest BCUT2D eigenvalue weighted by atomic mass is 16.7. The van der Waals surface area contributed by atoms with E-state index in [1.54, 1.807) is 0 Å². The molecule has 0 radical (unpaired) electrons. The van der Waals surface area contributed by atoms with Crippen molar-refractivity contribution in [3.05, 3.63) is 0 Å². The molecule has 17 heavy (non-hydrogen) atoms. The average molecular weight is 240 g/mol. The minimum atomic E-state index is -1.10. The second-order valence-corrected chi connectivity index (χ2v) is 5.81. The van der Waals surface area contributed by atoms with E-state index < -0.39 is 6.16 Å². The molecule has 3 heteroatoms. The predicted molar refractivity (Wildman–Crippen MR) is 66.0 cm³/mol. The summed E-state index contributed by atoms with van der Waals surface area (Å²) in [6.07, 6.45) is 8.61. The van der Waals surface area contributed by atoms with Crippen LogP contribution in [0.1, 0.15) is 58.3 Å². The van der Waals surface area contributed by atoms with Crippen LogP contribution >= 0.6 is 0 Å². The first-order chi connectivity index (χ1) is 8.19. The Morgan fingerprint density at radius 2 is 1.88 bits per heavy atom.